The molecule has 5 nitrogen and oxygen atoms in total. The third kappa shape index (κ3) is 3.21. The van der Waals surface area contributed by atoms with Gasteiger partial charge in [-0.1, -0.05) is 23.2 Å². The van der Waals surface area contributed by atoms with Crippen molar-refractivity contribution in [1.82, 2.24) is 15.1 Å². The lowest BCUT2D eigenvalue weighted by Crippen LogP contribution is -2.33. The van der Waals surface area contributed by atoms with Crippen molar-refractivity contribution in [3.8, 4) is 5.75 Å². The van der Waals surface area contributed by atoms with Crippen molar-refractivity contribution in [1.29, 1.82) is 0 Å². The Morgan fingerprint density at radius 2 is 2.00 bits per heavy atom. The molecular weight excluding hydrogens is 253 g/mol. The highest BCUT2D eigenvalue weighted by molar-refractivity contribution is 6.32. The summed E-state index contributed by atoms with van der Waals surface area (Å²) in [5.74, 6) is 0.110. The van der Waals surface area contributed by atoms with E-state index in [1.807, 2.05) is 13.8 Å². The maximum absolute atomic E-state index is 11.6. The number of ether oxygens (including phenoxy) is 1. The van der Waals surface area contributed by atoms with Gasteiger partial charge in [-0.15, -0.1) is 10.2 Å². The van der Waals surface area contributed by atoms with Gasteiger partial charge < -0.3 is 9.64 Å². The summed E-state index contributed by atoms with van der Waals surface area (Å²) in [5.41, 5.74) is 0. The van der Waals surface area contributed by atoms with Crippen LogP contribution in [0.1, 0.15) is 13.8 Å². The summed E-state index contributed by atoms with van der Waals surface area (Å²) >= 11 is 11.3. The molecule has 0 spiro atoms. The first-order valence-electron chi connectivity index (χ1n) is 4.74. The van der Waals surface area contributed by atoms with Crippen LogP contribution < -0.4 is 4.74 Å². The standard InChI is InChI=1S/C9H11Cl2N3O2/c1-3-14(4-2)9(15)16-6-5-7(10)12-13-8(6)11/h5H,3-4H2,1-2H3. The van der Waals surface area contributed by atoms with Crippen molar-refractivity contribution in [3.63, 3.8) is 0 Å². The van der Waals surface area contributed by atoms with E-state index < -0.39 is 6.09 Å². The molecule has 0 saturated carbocycles. The highest BCUT2D eigenvalue weighted by atomic mass is 35.5. The summed E-state index contributed by atoms with van der Waals surface area (Å²) in [6.07, 6.45) is -0.490. The fourth-order valence-electron chi connectivity index (χ4n) is 1.05. The first-order chi connectivity index (χ1) is 7.58. The number of hydrogen-bond donors (Lipinski definition) is 0. The van der Waals surface area contributed by atoms with Crippen LogP contribution in [0.2, 0.25) is 10.3 Å². The number of rotatable bonds is 3. The van der Waals surface area contributed by atoms with Crippen molar-refractivity contribution in [3.05, 3.63) is 16.4 Å². The van der Waals surface area contributed by atoms with Gasteiger partial charge in [-0.2, -0.15) is 0 Å². The van der Waals surface area contributed by atoms with E-state index in [0.29, 0.717) is 13.1 Å². The van der Waals surface area contributed by atoms with Gasteiger partial charge in [-0.25, -0.2) is 4.79 Å². The molecule has 0 aliphatic rings. The summed E-state index contributed by atoms with van der Waals surface area (Å²) < 4.78 is 5.04. The number of amides is 1. The van der Waals surface area contributed by atoms with Crippen LogP contribution in [0.25, 0.3) is 0 Å². The van der Waals surface area contributed by atoms with Crippen LogP contribution in [-0.4, -0.2) is 34.3 Å². The van der Waals surface area contributed by atoms with Crippen LogP contribution in [0.4, 0.5) is 4.79 Å². The van der Waals surface area contributed by atoms with Gasteiger partial charge in [0.1, 0.15) is 0 Å². The molecule has 0 atom stereocenters. The zero-order valence-corrected chi connectivity index (χ0v) is 10.4. The van der Waals surface area contributed by atoms with Gasteiger partial charge in [0, 0.05) is 19.2 Å². The Balaban J connectivity index is 2.80. The highest BCUT2D eigenvalue weighted by Crippen LogP contribution is 2.23. The van der Waals surface area contributed by atoms with Gasteiger partial charge in [0.05, 0.1) is 0 Å². The Bertz CT molecular complexity index is 383. The second-order valence-corrected chi connectivity index (χ2v) is 3.61. The average molecular weight is 264 g/mol. The summed E-state index contributed by atoms with van der Waals surface area (Å²) in [4.78, 5) is 13.1. The molecule has 0 unspecified atom stereocenters. The van der Waals surface area contributed by atoms with Crippen LogP contribution in [0.5, 0.6) is 5.75 Å². The smallest absolute Gasteiger partial charge is 0.407 e. The summed E-state index contributed by atoms with van der Waals surface area (Å²) in [5, 5.41) is 7.16. The highest BCUT2D eigenvalue weighted by Gasteiger charge is 2.15. The van der Waals surface area contributed by atoms with Gasteiger partial charge in [-0.05, 0) is 13.8 Å². The quantitative estimate of drug-likeness (QED) is 0.842. The molecule has 1 aromatic heterocycles. The number of carbonyl (C=O) groups excluding carboxylic acids is 1. The minimum absolute atomic E-state index is 0.00454. The number of aromatic nitrogens is 2. The minimum Gasteiger partial charge on any atom is -0.407 e. The van der Waals surface area contributed by atoms with E-state index in [4.69, 9.17) is 27.9 Å². The fourth-order valence-corrected chi connectivity index (χ4v) is 1.32. The average Bonchev–Trinajstić information content (AvgIpc) is 2.25. The number of halogens is 2. The summed E-state index contributed by atoms with van der Waals surface area (Å²) in [6, 6.07) is 1.35. The second kappa shape index (κ2) is 5.86. The Kier molecular flexibility index (Phi) is 4.76. The van der Waals surface area contributed by atoms with E-state index in [0.717, 1.165) is 0 Å². The van der Waals surface area contributed by atoms with Crippen LogP contribution in [0, 0.1) is 0 Å². The van der Waals surface area contributed by atoms with E-state index in [1.54, 1.807) is 0 Å². The maximum Gasteiger partial charge on any atom is 0.415 e. The Hall–Kier alpha value is -1.07. The lowest BCUT2D eigenvalue weighted by Gasteiger charge is -2.17. The van der Waals surface area contributed by atoms with Crippen molar-refractivity contribution in [2.75, 3.05) is 13.1 Å². The normalized spacial score (nSPS) is 10.0. The molecule has 0 N–H and O–H groups in total. The summed E-state index contributed by atoms with van der Waals surface area (Å²) in [7, 11) is 0. The predicted molar refractivity (Wildman–Crippen MR) is 61.0 cm³/mol. The van der Waals surface area contributed by atoms with Gasteiger partial charge in [0.2, 0.25) is 0 Å². The molecular formula is C9H11Cl2N3O2. The molecule has 0 radical (unpaired) electrons. The first kappa shape index (κ1) is 13.0. The van der Waals surface area contributed by atoms with E-state index >= 15 is 0 Å². The van der Waals surface area contributed by atoms with E-state index in [2.05, 4.69) is 10.2 Å². The zero-order chi connectivity index (χ0) is 12.1. The van der Waals surface area contributed by atoms with E-state index in [-0.39, 0.29) is 16.1 Å². The monoisotopic (exact) mass is 263 g/mol. The van der Waals surface area contributed by atoms with Crippen LogP contribution >= 0.6 is 23.2 Å². The van der Waals surface area contributed by atoms with Crippen molar-refractivity contribution < 1.29 is 9.53 Å². The second-order valence-electron chi connectivity index (χ2n) is 2.86. The third-order valence-corrected chi connectivity index (χ3v) is 2.35. The topological polar surface area (TPSA) is 55.3 Å². The van der Waals surface area contributed by atoms with E-state index in [9.17, 15) is 4.79 Å². The van der Waals surface area contributed by atoms with Crippen molar-refractivity contribution in [2.24, 2.45) is 0 Å². The van der Waals surface area contributed by atoms with Gasteiger partial charge in [-0.3, -0.25) is 0 Å². The SMILES string of the molecule is CCN(CC)C(=O)Oc1cc(Cl)nnc1Cl. The van der Waals surface area contributed by atoms with Crippen molar-refractivity contribution in [2.45, 2.75) is 13.8 Å². The third-order valence-electron chi connectivity index (χ3n) is 1.91. The molecule has 1 rings (SSSR count). The molecule has 0 aliphatic carbocycles. The van der Waals surface area contributed by atoms with Gasteiger partial charge in [0.15, 0.2) is 16.1 Å². The number of nitrogens with zero attached hydrogens (tertiary/aromatic N) is 3. The Morgan fingerprint density at radius 1 is 1.38 bits per heavy atom. The van der Waals surface area contributed by atoms with Crippen LogP contribution in [-0.2, 0) is 0 Å². The fraction of sp³-hybridized carbons (Fsp3) is 0.444. The Morgan fingerprint density at radius 3 is 2.56 bits per heavy atom. The Labute approximate surface area is 103 Å². The molecule has 0 saturated heterocycles. The van der Waals surface area contributed by atoms with Gasteiger partial charge >= 0.3 is 6.09 Å². The number of hydrogen-bond acceptors (Lipinski definition) is 4. The van der Waals surface area contributed by atoms with Crippen LogP contribution in [0.3, 0.4) is 0 Å². The number of carbonyl (C=O) groups is 1. The minimum atomic E-state index is -0.490. The first-order valence-corrected chi connectivity index (χ1v) is 5.49. The molecule has 1 amide bonds. The molecule has 0 fully saturated rings. The van der Waals surface area contributed by atoms with E-state index in [1.165, 1.54) is 11.0 Å². The predicted octanol–water partition coefficient (Wildman–Crippen LogP) is 2.62. The molecule has 7 heteroatoms. The zero-order valence-electron chi connectivity index (χ0n) is 8.91. The largest absolute Gasteiger partial charge is 0.415 e. The molecule has 0 bridgehead atoms. The van der Waals surface area contributed by atoms with Gasteiger partial charge in [0.25, 0.3) is 0 Å². The molecule has 16 heavy (non-hydrogen) atoms. The maximum atomic E-state index is 11.6. The molecule has 1 aromatic rings. The molecule has 0 aliphatic heterocycles. The lowest BCUT2D eigenvalue weighted by molar-refractivity contribution is 0.157. The summed E-state index contributed by atoms with van der Waals surface area (Å²) in [6.45, 7) is 4.81. The molecule has 88 valence electrons. The molecule has 1 heterocycles. The lowest BCUT2D eigenvalue weighted by atomic mass is 10.5. The van der Waals surface area contributed by atoms with Crippen LogP contribution in [0.15, 0.2) is 6.07 Å². The van der Waals surface area contributed by atoms with Crippen molar-refractivity contribution >= 4 is 29.3 Å². The molecule has 0 aromatic carbocycles.